The average molecular weight is 299 g/mol. The second-order valence-electron chi connectivity index (χ2n) is 6.32. The third kappa shape index (κ3) is 2.29. The van der Waals surface area contributed by atoms with Gasteiger partial charge in [-0.15, -0.1) is 0 Å². The predicted molar refractivity (Wildman–Crippen MR) is 82.8 cm³/mol. The quantitative estimate of drug-likeness (QED) is 0.803. The molecule has 1 amide bonds. The number of morpholine rings is 1. The van der Waals surface area contributed by atoms with Crippen LogP contribution < -0.4 is 0 Å². The van der Waals surface area contributed by atoms with Gasteiger partial charge in [0.1, 0.15) is 5.65 Å². The second-order valence-corrected chi connectivity index (χ2v) is 6.32. The Hall–Kier alpha value is -1.88. The van der Waals surface area contributed by atoms with E-state index in [2.05, 4.69) is 29.7 Å². The Morgan fingerprint density at radius 1 is 1.32 bits per heavy atom. The summed E-state index contributed by atoms with van der Waals surface area (Å²) in [5.41, 5.74) is 4.59. The molecule has 2 aliphatic rings. The number of hydrogen-bond acceptors (Lipinski definition) is 3. The molecule has 1 unspecified atom stereocenters. The van der Waals surface area contributed by atoms with E-state index in [-0.39, 0.29) is 11.8 Å². The van der Waals surface area contributed by atoms with Crippen molar-refractivity contribution in [3.8, 4) is 0 Å². The first kappa shape index (κ1) is 13.8. The first-order valence-electron chi connectivity index (χ1n) is 8.05. The molecule has 0 bridgehead atoms. The van der Waals surface area contributed by atoms with Gasteiger partial charge in [-0.25, -0.2) is 4.98 Å². The first-order valence-corrected chi connectivity index (χ1v) is 8.05. The zero-order valence-corrected chi connectivity index (χ0v) is 12.9. The number of aromatic nitrogens is 2. The van der Waals surface area contributed by atoms with Crippen LogP contribution in [0.5, 0.6) is 0 Å². The van der Waals surface area contributed by atoms with E-state index in [1.807, 2.05) is 4.90 Å². The van der Waals surface area contributed by atoms with Gasteiger partial charge >= 0.3 is 0 Å². The summed E-state index contributed by atoms with van der Waals surface area (Å²) in [5.74, 6) is 0.377. The summed E-state index contributed by atoms with van der Waals surface area (Å²) in [4.78, 5) is 19.4. The van der Waals surface area contributed by atoms with Gasteiger partial charge in [0, 0.05) is 37.3 Å². The van der Waals surface area contributed by atoms with Gasteiger partial charge in [0.15, 0.2) is 0 Å². The number of imidazole rings is 1. The number of hydrogen-bond donors (Lipinski definition) is 0. The highest BCUT2D eigenvalue weighted by Crippen LogP contribution is 2.28. The zero-order valence-electron chi connectivity index (χ0n) is 12.9. The molecule has 4 rings (SSSR count). The Labute approximate surface area is 129 Å². The standard InChI is InChI=1S/C17H21N3O2/c1-12-2-5-16-18-14-4-3-13(10-15(14)20(16)11-12)17(21)19-6-8-22-9-7-19/h2,5,11,13H,3-4,6-10H2,1H3. The monoisotopic (exact) mass is 299 g/mol. The van der Waals surface area contributed by atoms with Gasteiger partial charge in [-0.1, -0.05) is 6.07 Å². The van der Waals surface area contributed by atoms with Gasteiger partial charge in [0.2, 0.25) is 5.91 Å². The van der Waals surface area contributed by atoms with Gasteiger partial charge in [0.05, 0.1) is 18.9 Å². The lowest BCUT2D eigenvalue weighted by molar-refractivity contribution is -0.140. The number of fused-ring (bicyclic) bond motifs is 3. The molecular formula is C17H21N3O2. The van der Waals surface area contributed by atoms with Gasteiger partial charge in [-0.05, 0) is 31.4 Å². The maximum atomic E-state index is 12.7. The van der Waals surface area contributed by atoms with Crippen molar-refractivity contribution in [1.29, 1.82) is 0 Å². The Kier molecular flexibility index (Phi) is 3.37. The molecule has 2 aromatic heterocycles. The Balaban J connectivity index is 1.61. The van der Waals surface area contributed by atoms with E-state index >= 15 is 0 Å². The third-order valence-corrected chi connectivity index (χ3v) is 4.79. The van der Waals surface area contributed by atoms with Crippen LogP contribution >= 0.6 is 0 Å². The van der Waals surface area contributed by atoms with E-state index in [0.717, 1.165) is 43.7 Å². The van der Waals surface area contributed by atoms with Crippen LogP contribution in [-0.4, -0.2) is 46.5 Å². The van der Waals surface area contributed by atoms with Crippen molar-refractivity contribution in [1.82, 2.24) is 14.3 Å². The number of rotatable bonds is 1. The van der Waals surface area contributed by atoms with E-state index < -0.39 is 0 Å². The molecule has 0 aromatic carbocycles. The van der Waals surface area contributed by atoms with Crippen molar-refractivity contribution < 1.29 is 9.53 Å². The molecule has 0 N–H and O–H groups in total. The van der Waals surface area contributed by atoms with Crippen LogP contribution in [0.3, 0.4) is 0 Å². The van der Waals surface area contributed by atoms with Crippen LogP contribution in [0.2, 0.25) is 0 Å². The molecule has 0 saturated carbocycles. The lowest BCUT2D eigenvalue weighted by Gasteiger charge is -2.31. The largest absolute Gasteiger partial charge is 0.378 e. The van der Waals surface area contributed by atoms with Gasteiger partial charge in [-0.2, -0.15) is 0 Å². The van der Waals surface area contributed by atoms with Crippen molar-refractivity contribution in [3.63, 3.8) is 0 Å². The van der Waals surface area contributed by atoms with E-state index in [0.29, 0.717) is 13.2 Å². The summed E-state index contributed by atoms with van der Waals surface area (Å²) >= 11 is 0. The van der Waals surface area contributed by atoms with Crippen molar-refractivity contribution in [2.75, 3.05) is 26.3 Å². The van der Waals surface area contributed by atoms with E-state index in [4.69, 9.17) is 9.72 Å². The number of carbonyl (C=O) groups excluding carboxylic acids is 1. The maximum absolute atomic E-state index is 12.7. The second kappa shape index (κ2) is 5.39. The van der Waals surface area contributed by atoms with Crippen molar-refractivity contribution in [3.05, 3.63) is 35.3 Å². The zero-order chi connectivity index (χ0) is 15.1. The normalized spacial score (nSPS) is 21.9. The molecule has 0 radical (unpaired) electrons. The van der Waals surface area contributed by atoms with Crippen LogP contribution in [0.25, 0.3) is 5.65 Å². The van der Waals surface area contributed by atoms with Crippen LogP contribution in [0.15, 0.2) is 18.3 Å². The first-order chi connectivity index (χ1) is 10.7. The number of aryl methyl sites for hydroxylation is 2. The lowest BCUT2D eigenvalue weighted by atomic mass is 9.88. The highest BCUT2D eigenvalue weighted by Gasteiger charge is 2.31. The minimum atomic E-state index is 0.0889. The predicted octanol–water partition coefficient (Wildman–Crippen LogP) is 1.61. The fourth-order valence-electron chi connectivity index (χ4n) is 3.56. The minimum Gasteiger partial charge on any atom is -0.378 e. The Morgan fingerprint density at radius 3 is 2.95 bits per heavy atom. The molecule has 3 heterocycles. The molecule has 2 aromatic rings. The number of carbonyl (C=O) groups is 1. The number of pyridine rings is 1. The summed E-state index contributed by atoms with van der Waals surface area (Å²) in [5, 5.41) is 0. The van der Waals surface area contributed by atoms with Crippen LogP contribution in [-0.2, 0) is 22.4 Å². The molecule has 1 fully saturated rings. The summed E-state index contributed by atoms with van der Waals surface area (Å²) < 4.78 is 7.51. The van der Waals surface area contributed by atoms with Gasteiger partial charge in [-0.3, -0.25) is 4.79 Å². The fourth-order valence-corrected chi connectivity index (χ4v) is 3.56. The van der Waals surface area contributed by atoms with Crippen molar-refractivity contribution >= 4 is 11.6 Å². The summed E-state index contributed by atoms with van der Waals surface area (Å²) in [6.45, 7) is 4.88. The average Bonchev–Trinajstić information content (AvgIpc) is 2.92. The van der Waals surface area contributed by atoms with Gasteiger partial charge in [0.25, 0.3) is 0 Å². The highest BCUT2D eigenvalue weighted by molar-refractivity contribution is 5.79. The maximum Gasteiger partial charge on any atom is 0.226 e. The van der Waals surface area contributed by atoms with E-state index in [1.165, 1.54) is 11.3 Å². The van der Waals surface area contributed by atoms with E-state index in [9.17, 15) is 4.79 Å². The number of ether oxygens (including phenoxy) is 1. The Bertz CT molecular complexity index is 716. The molecule has 1 aliphatic heterocycles. The Morgan fingerprint density at radius 2 is 2.14 bits per heavy atom. The van der Waals surface area contributed by atoms with Crippen molar-refractivity contribution in [2.24, 2.45) is 5.92 Å². The minimum absolute atomic E-state index is 0.0889. The lowest BCUT2D eigenvalue weighted by Crippen LogP contribution is -2.45. The summed E-state index contributed by atoms with van der Waals surface area (Å²) in [6, 6.07) is 4.15. The topological polar surface area (TPSA) is 46.8 Å². The van der Waals surface area contributed by atoms with Crippen LogP contribution in [0.1, 0.15) is 23.4 Å². The van der Waals surface area contributed by atoms with Crippen molar-refractivity contribution in [2.45, 2.75) is 26.2 Å². The smallest absolute Gasteiger partial charge is 0.226 e. The fraction of sp³-hybridized carbons (Fsp3) is 0.529. The molecule has 116 valence electrons. The molecule has 1 atom stereocenters. The number of nitrogens with zero attached hydrogens (tertiary/aromatic N) is 3. The van der Waals surface area contributed by atoms with Crippen LogP contribution in [0, 0.1) is 12.8 Å². The summed E-state index contributed by atoms with van der Waals surface area (Å²) in [7, 11) is 0. The molecule has 5 heteroatoms. The number of amides is 1. The molecule has 0 spiro atoms. The third-order valence-electron chi connectivity index (χ3n) is 4.79. The summed E-state index contributed by atoms with van der Waals surface area (Å²) in [6.07, 6.45) is 4.74. The van der Waals surface area contributed by atoms with Gasteiger partial charge < -0.3 is 14.0 Å². The molecule has 1 saturated heterocycles. The van der Waals surface area contributed by atoms with Crippen LogP contribution in [0.4, 0.5) is 0 Å². The molecule has 22 heavy (non-hydrogen) atoms. The SMILES string of the molecule is Cc1ccc2nc3c(n2c1)CC(C(=O)N1CCOCC1)CC3. The highest BCUT2D eigenvalue weighted by atomic mass is 16.5. The molecule has 5 nitrogen and oxygen atoms in total. The molecule has 1 aliphatic carbocycles. The van der Waals surface area contributed by atoms with E-state index in [1.54, 1.807) is 0 Å². The molecular weight excluding hydrogens is 278 g/mol.